The van der Waals surface area contributed by atoms with Gasteiger partial charge >= 0.3 is 5.97 Å². The molecule has 0 fully saturated rings. The van der Waals surface area contributed by atoms with Crippen LogP contribution in [0.2, 0.25) is 0 Å². The van der Waals surface area contributed by atoms with Crippen LogP contribution in [0.5, 0.6) is 5.75 Å². The number of methoxy groups -OCH3 is 1. The lowest BCUT2D eigenvalue weighted by molar-refractivity contribution is -0.118. The number of hydrogen-bond acceptors (Lipinski definition) is 7. The molecule has 0 aliphatic carbocycles. The van der Waals surface area contributed by atoms with E-state index in [4.69, 9.17) is 9.47 Å². The van der Waals surface area contributed by atoms with Gasteiger partial charge in [0.25, 0.3) is 5.56 Å². The molecule has 0 aliphatic heterocycles. The van der Waals surface area contributed by atoms with Gasteiger partial charge in [-0.1, -0.05) is 12.1 Å². The number of anilines is 1. The van der Waals surface area contributed by atoms with Crippen LogP contribution in [0.1, 0.15) is 42.0 Å². The van der Waals surface area contributed by atoms with Gasteiger partial charge in [-0.05, 0) is 45.4 Å². The highest BCUT2D eigenvalue weighted by molar-refractivity contribution is 7.20. The topological polar surface area (TPSA) is 99.5 Å². The zero-order valence-electron chi connectivity index (χ0n) is 17.4. The van der Waals surface area contributed by atoms with Crippen molar-refractivity contribution in [1.82, 2.24) is 9.55 Å². The highest BCUT2D eigenvalue weighted by atomic mass is 32.1. The number of carbonyl (C=O) groups excluding carboxylic acids is 2. The summed E-state index contributed by atoms with van der Waals surface area (Å²) in [5.41, 5.74) is 0.620. The van der Waals surface area contributed by atoms with Gasteiger partial charge in [0.15, 0.2) is 0 Å². The molecule has 1 N–H and O–H groups in total. The summed E-state index contributed by atoms with van der Waals surface area (Å²) in [6.45, 7) is 6.81. The average Bonchev–Trinajstić information content (AvgIpc) is 3.05. The summed E-state index contributed by atoms with van der Waals surface area (Å²) in [4.78, 5) is 43.3. The Morgan fingerprint density at radius 3 is 2.57 bits per heavy atom. The molecule has 3 rings (SSSR count). The van der Waals surface area contributed by atoms with Crippen LogP contribution in [0, 0.1) is 6.92 Å². The van der Waals surface area contributed by atoms with Crippen LogP contribution in [0.4, 0.5) is 5.69 Å². The Morgan fingerprint density at radius 1 is 1.20 bits per heavy atom. The molecule has 3 aromatic rings. The predicted molar refractivity (Wildman–Crippen MR) is 116 cm³/mol. The maximum Gasteiger partial charge on any atom is 0.348 e. The SMILES string of the molecule is COc1ccccc1NC(=O)C(C)n1cnc2sc(C(=O)OC(C)C)c(C)c2c1=O. The van der Waals surface area contributed by atoms with Gasteiger partial charge in [0, 0.05) is 0 Å². The van der Waals surface area contributed by atoms with Crippen LogP contribution >= 0.6 is 11.3 Å². The van der Waals surface area contributed by atoms with E-state index in [0.717, 1.165) is 11.3 Å². The second-order valence-corrected chi connectivity index (χ2v) is 8.01. The molecule has 1 amide bonds. The maximum absolute atomic E-state index is 13.1. The van der Waals surface area contributed by atoms with Crippen molar-refractivity contribution < 1.29 is 19.1 Å². The summed E-state index contributed by atoms with van der Waals surface area (Å²) in [6, 6.07) is 6.18. The van der Waals surface area contributed by atoms with Crippen molar-refractivity contribution in [2.24, 2.45) is 0 Å². The number of para-hydroxylation sites is 2. The molecule has 8 nitrogen and oxygen atoms in total. The number of fused-ring (bicyclic) bond motifs is 1. The predicted octanol–water partition coefficient (Wildman–Crippen LogP) is 3.54. The third-order valence-corrected chi connectivity index (χ3v) is 5.75. The maximum atomic E-state index is 13.1. The number of ether oxygens (including phenoxy) is 2. The minimum absolute atomic E-state index is 0.273. The summed E-state index contributed by atoms with van der Waals surface area (Å²) in [5.74, 6) is -0.366. The van der Waals surface area contributed by atoms with E-state index in [0.29, 0.717) is 32.1 Å². The molecule has 0 aliphatic rings. The average molecular weight is 429 g/mol. The third-order valence-electron chi connectivity index (χ3n) is 4.57. The van der Waals surface area contributed by atoms with E-state index in [9.17, 15) is 14.4 Å². The summed E-state index contributed by atoms with van der Waals surface area (Å²) in [7, 11) is 1.51. The van der Waals surface area contributed by atoms with Gasteiger partial charge in [-0.2, -0.15) is 0 Å². The summed E-state index contributed by atoms with van der Waals surface area (Å²) < 4.78 is 11.7. The normalized spacial score (nSPS) is 12.1. The summed E-state index contributed by atoms with van der Waals surface area (Å²) >= 11 is 1.11. The molecular formula is C21H23N3O5S. The smallest absolute Gasteiger partial charge is 0.348 e. The lowest BCUT2D eigenvalue weighted by Crippen LogP contribution is -2.31. The molecular weight excluding hydrogens is 406 g/mol. The molecule has 158 valence electrons. The number of carbonyl (C=O) groups is 2. The van der Waals surface area contributed by atoms with Gasteiger partial charge in [-0.25, -0.2) is 9.78 Å². The van der Waals surface area contributed by atoms with Crippen molar-refractivity contribution >= 4 is 39.1 Å². The molecule has 9 heteroatoms. The van der Waals surface area contributed by atoms with Crippen LogP contribution in [0.15, 0.2) is 35.4 Å². The Hall–Kier alpha value is -3.20. The van der Waals surface area contributed by atoms with Gasteiger partial charge in [0.05, 0.1) is 30.6 Å². The molecule has 0 spiro atoms. The Bertz CT molecular complexity index is 1170. The number of aromatic nitrogens is 2. The number of thiophene rings is 1. The van der Waals surface area contributed by atoms with Crippen LogP contribution in [0.3, 0.4) is 0 Å². The quantitative estimate of drug-likeness (QED) is 0.602. The van der Waals surface area contributed by atoms with Gasteiger partial charge in [0.1, 0.15) is 21.5 Å². The number of nitrogens with one attached hydrogen (secondary N) is 1. The number of benzene rings is 1. The Balaban J connectivity index is 1.95. The first-order chi connectivity index (χ1) is 14.2. The van der Waals surface area contributed by atoms with Gasteiger partial charge in [-0.15, -0.1) is 11.3 Å². The Morgan fingerprint density at radius 2 is 1.90 bits per heavy atom. The van der Waals surface area contributed by atoms with E-state index < -0.39 is 17.9 Å². The summed E-state index contributed by atoms with van der Waals surface area (Å²) in [5, 5.41) is 3.09. The molecule has 1 aromatic carbocycles. The Kier molecular flexibility index (Phi) is 6.21. The first kappa shape index (κ1) is 21.5. The second kappa shape index (κ2) is 8.66. The fourth-order valence-electron chi connectivity index (χ4n) is 2.99. The van der Waals surface area contributed by atoms with Crippen LogP contribution < -0.4 is 15.6 Å². The molecule has 2 heterocycles. The first-order valence-corrected chi connectivity index (χ1v) is 10.2. The Labute approximate surface area is 177 Å². The molecule has 0 radical (unpaired) electrons. The minimum atomic E-state index is -0.829. The summed E-state index contributed by atoms with van der Waals surface area (Å²) in [6.07, 6.45) is 1.05. The van der Waals surface area contributed by atoms with Crippen molar-refractivity contribution in [3.05, 3.63) is 51.4 Å². The largest absolute Gasteiger partial charge is 0.495 e. The van der Waals surface area contributed by atoms with Gasteiger partial charge < -0.3 is 14.8 Å². The highest BCUT2D eigenvalue weighted by Gasteiger charge is 2.24. The van der Waals surface area contributed by atoms with E-state index in [-0.39, 0.29) is 11.7 Å². The van der Waals surface area contributed by atoms with Gasteiger partial charge in [0.2, 0.25) is 5.91 Å². The van der Waals surface area contributed by atoms with Crippen molar-refractivity contribution in [2.45, 2.75) is 39.8 Å². The number of hydrogen-bond donors (Lipinski definition) is 1. The zero-order valence-corrected chi connectivity index (χ0v) is 18.2. The molecule has 30 heavy (non-hydrogen) atoms. The highest BCUT2D eigenvalue weighted by Crippen LogP contribution is 2.28. The van der Waals surface area contributed by atoms with Crippen molar-refractivity contribution in [2.75, 3.05) is 12.4 Å². The lowest BCUT2D eigenvalue weighted by Gasteiger charge is -2.16. The molecule has 0 saturated heterocycles. The van der Waals surface area contributed by atoms with Crippen molar-refractivity contribution in [1.29, 1.82) is 0 Å². The van der Waals surface area contributed by atoms with Gasteiger partial charge in [-0.3, -0.25) is 14.2 Å². The number of aryl methyl sites for hydroxylation is 1. The number of esters is 1. The van der Waals surface area contributed by atoms with E-state index in [2.05, 4.69) is 10.3 Å². The first-order valence-electron chi connectivity index (χ1n) is 9.39. The van der Waals surface area contributed by atoms with E-state index in [1.165, 1.54) is 18.0 Å². The fraction of sp³-hybridized carbons (Fsp3) is 0.333. The van der Waals surface area contributed by atoms with Crippen LogP contribution in [-0.4, -0.2) is 34.6 Å². The number of nitrogens with zero attached hydrogens (tertiary/aromatic N) is 2. The molecule has 2 aromatic heterocycles. The second-order valence-electron chi connectivity index (χ2n) is 7.01. The fourth-order valence-corrected chi connectivity index (χ4v) is 4.01. The van der Waals surface area contributed by atoms with E-state index >= 15 is 0 Å². The number of rotatable bonds is 6. The van der Waals surface area contributed by atoms with Crippen molar-refractivity contribution in [3.63, 3.8) is 0 Å². The number of amides is 1. The van der Waals surface area contributed by atoms with E-state index in [1.807, 2.05) is 0 Å². The lowest BCUT2D eigenvalue weighted by atomic mass is 10.2. The zero-order chi connectivity index (χ0) is 22.0. The van der Waals surface area contributed by atoms with Crippen LogP contribution in [0.25, 0.3) is 10.2 Å². The molecule has 0 bridgehead atoms. The standard InChI is InChI=1S/C21H23N3O5S/c1-11(2)29-21(27)17-12(3)16-19(30-17)22-10-24(20(16)26)13(4)18(25)23-14-8-6-7-9-15(14)28-5/h6-11,13H,1-5H3,(H,23,25). The molecule has 1 unspecified atom stereocenters. The van der Waals surface area contributed by atoms with E-state index in [1.54, 1.807) is 52.0 Å². The monoisotopic (exact) mass is 429 g/mol. The molecule has 1 atom stereocenters. The molecule has 0 saturated carbocycles. The third kappa shape index (κ3) is 4.06. The van der Waals surface area contributed by atoms with Crippen LogP contribution in [-0.2, 0) is 9.53 Å². The van der Waals surface area contributed by atoms with Crippen molar-refractivity contribution in [3.8, 4) is 5.75 Å². The minimum Gasteiger partial charge on any atom is -0.495 e.